The Morgan fingerprint density at radius 3 is 2.32 bits per heavy atom. The van der Waals surface area contributed by atoms with Gasteiger partial charge in [0, 0.05) is 23.0 Å². The highest BCUT2D eigenvalue weighted by molar-refractivity contribution is 5.94. The third kappa shape index (κ3) is 2.51. The number of hydrogen-bond donors (Lipinski definition) is 1. The third-order valence-corrected chi connectivity index (χ3v) is 5.77. The van der Waals surface area contributed by atoms with Crippen molar-refractivity contribution in [2.24, 2.45) is 16.7 Å². The maximum Gasteiger partial charge on any atom is 0.228 e. The number of carbonyl (C=O) groups excluding carboxylic acids is 2. The zero-order chi connectivity index (χ0) is 16.7. The van der Waals surface area contributed by atoms with Crippen molar-refractivity contribution in [2.75, 3.05) is 5.32 Å². The molecule has 0 radical (unpaired) electrons. The van der Waals surface area contributed by atoms with Gasteiger partial charge in [0.25, 0.3) is 0 Å². The van der Waals surface area contributed by atoms with E-state index in [0.717, 1.165) is 11.3 Å². The molecule has 0 spiro atoms. The molecule has 2 rings (SSSR count). The Morgan fingerprint density at radius 1 is 1.18 bits per heavy atom. The summed E-state index contributed by atoms with van der Waals surface area (Å²) in [4.78, 5) is 24.1. The third-order valence-electron chi connectivity index (χ3n) is 5.77. The first kappa shape index (κ1) is 16.5. The van der Waals surface area contributed by atoms with Gasteiger partial charge in [-0.1, -0.05) is 26.8 Å². The second-order valence-electron chi connectivity index (χ2n) is 7.22. The molecule has 1 aliphatic carbocycles. The smallest absolute Gasteiger partial charge is 0.228 e. The van der Waals surface area contributed by atoms with Crippen LogP contribution in [0.25, 0.3) is 0 Å². The van der Waals surface area contributed by atoms with Crippen LogP contribution in [-0.4, -0.2) is 11.9 Å². The van der Waals surface area contributed by atoms with Gasteiger partial charge in [-0.2, -0.15) is 0 Å². The van der Waals surface area contributed by atoms with Gasteiger partial charge in [-0.25, -0.2) is 0 Å². The normalized spacial score (nSPS) is 26.7. The minimum absolute atomic E-state index is 0.113. The lowest BCUT2D eigenvalue weighted by Crippen LogP contribution is -2.49. The van der Waals surface area contributed by atoms with Crippen LogP contribution < -0.4 is 10.4 Å². The van der Waals surface area contributed by atoms with Crippen LogP contribution in [0.4, 0.5) is 5.69 Å². The SMILES string of the molecule is Cc1ccc(NC(=O)[C@@H]2CC[C@@](C)(C(=O)[O-])C2(C)C)cc1C. The summed E-state index contributed by atoms with van der Waals surface area (Å²) in [6.45, 7) is 9.40. The van der Waals surface area contributed by atoms with Crippen molar-refractivity contribution in [1.29, 1.82) is 0 Å². The van der Waals surface area contributed by atoms with Crippen LogP contribution in [0.2, 0.25) is 0 Å². The van der Waals surface area contributed by atoms with E-state index in [4.69, 9.17) is 0 Å². The Labute approximate surface area is 131 Å². The van der Waals surface area contributed by atoms with E-state index in [9.17, 15) is 14.7 Å². The predicted octanol–water partition coefficient (Wildman–Crippen LogP) is 2.43. The molecule has 22 heavy (non-hydrogen) atoms. The molecular formula is C18H24NO3-. The average molecular weight is 302 g/mol. The minimum atomic E-state index is -1.07. The lowest BCUT2D eigenvalue weighted by Gasteiger charge is -2.41. The lowest BCUT2D eigenvalue weighted by atomic mass is 9.65. The van der Waals surface area contributed by atoms with E-state index in [2.05, 4.69) is 5.32 Å². The number of hydrogen-bond acceptors (Lipinski definition) is 3. The molecule has 2 atom stereocenters. The molecule has 4 heteroatoms. The number of nitrogens with one attached hydrogen (secondary N) is 1. The zero-order valence-corrected chi connectivity index (χ0v) is 13.9. The van der Waals surface area contributed by atoms with Crippen LogP contribution in [-0.2, 0) is 9.59 Å². The average Bonchev–Trinajstić information content (AvgIpc) is 2.66. The molecular weight excluding hydrogens is 278 g/mol. The molecule has 1 fully saturated rings. The highest BCUT2D eigenvalue weighted by Gasteiger charge is 2.54. The Kier molecular flexibility index (Phi) is 4.07. The van der Waals surface area contributed by atoms with Crippen molar-refractivity contribution in [1.82, 2.24) is 0 Å². The summed E-state index contributed by atoms with van der Waals surface area (Å²) in [5.41, 5.74) is 1.42. The summed E-state index contributed by atoms with van der Waals surface area (Å²) >= 11 is 0. The van der Waals surface area contributed by atoms with Crippen LogP contribution in [0, 0.1) is 30.6 Å². The van der Waals surface area contributed by atoms with Crippen LogP contribution in [0.1, 0.15) is 44.7 Å². The van der Waals surface area contributed by atoms with E-state index in [1.165, 1.54) is 5.56 Å². The molecule has 0 heterocycles. The summed E-state index contributed by atoms with van der Waals surface area (Å²) in [5.74, 6) is -1.52. The summed E-state index contributed by atoms with van der Waals surface area (Å²) < 4.78 is 0. The van der Waals surface area contributed by atoms with Crippen molar-refractivity contribution in [3.63, 3.8) is 0 Å². The van der Waals surface area contributed by atoms with Gasteiger partial charge in [0.15, 0.2) is 0 Å². The first-order valence-electron chi connectivity index (χ1n) is 7.69. The largest absolute Gasteiger partial charge is 0.550 e. The molecule has 0 unspecified atom stereocenters. The number of benzene rings is 1. The van der Waals surface area contributed by atoms with E-state index < -0.39 is 16.8 Å². The number of aliphatic carboxylic acids is 1. The van der Waals surface area contributed by atoms with E-state index in [1.54, 1.807) is 6.92 Å². The summed E-state index contributed by atoms with van der Waals surface area (Å²) in [6, 6.07) is 5.78. The molecule has 1 aromatic carbocycles. The van der Waals surface area contributed by atoms with Gasteiger partial charge in [-0.15, -0.1) is 0 Å². The molecule has 1 aliphatic rings. The van der Waals surface area contributed by atoms with Gasteiger partial charge in [0.2, 0.25) is 5.91 Å². The lowest BCUT2D eigenvalue weighted by molar-refractivity contribution is -0.323. The Morgan fingerprint density at radius 2 is 1.82 bits per heavy atom. The summed E-state index contributed by atoms with van der Waals surface area (Å²) in [6.07, 6.45) is 1.03. The first-order chi connectivity index (χ1) is 10.1. The quantitative estimate of drug-likeness (QED) is 0.932. The van der Waals surface area contributed by atoms with Crippen molar-refractivity contribution in [3.8, 4) is 0 Å². The van der Waals surface area contributed by atoms with Gasteiger partial charge in [-0.05, 0) is 55.4 Å². The first-order valence-corrected chi connectivity index (χ1v) is 7.69. The Balaban J connectivity index is 2.20. The molecule has 0 aromatic heterocycles. The maximum atomic E-state index is 12.6. The molecule has 0 aliphatic heterocycles. The number of amides is 1. The monoisotopic (exact) mass is 302 g/mol. The Hall–Kier alpha value is -1.84. The molecule has 120 valence electrons. The van der Waals surface area contributed by atoms with Crippen LogP contribution in [0.15, 0.2) is 18.2 Å². The highest BCUT2D eigenvalue weighted by atomic mass is 16.4. The number of aryl methyl sites for hydroxylation is 2. The van der Waals surface area contributed by atoms with E-state index in [-0.39, 0.29) is 11.8 Å². The van der Waals surface area contributed by atoms with E-state index >= 15 is 0 Å². The molecule has 0 saturated heterocycles. The number of rotatable bonds is 3. The van der Waals surface area contributed by atoms with Crippen molar-refractivity contribution < 1.29 is 14.7 Å². The van der Waals surface area contributed by atoms with Crippen LogP contribution in [0.5, 0.6) is 0 Å². The molecule has 0 bridgehead atoms. The predicted molar refractivity (Wildman–Crippen MR) is 84.2 cm³/mol. The molecule has 1 aromatic rings. The van der Waals surface area contributed by atoms with Crippen LogP contribution in [0.3, 0.4) is 0 Å². The standard InChI is InChI=1S/C18H25NO3/c1-11-6-7-13(10-12(11)2)19-15(20)14-8-9-18(5,16(21)22)17(14,3)4/h6-7,10,14H,8-9H2,1-5H3,(H,19,20)(H,21,22)/p-1/t14-,18-/m0/s1. The second kappa shape index (κ2) is 5.41. The van der Waals surface area contributed by atoms with Gasteiger partial charge < -0.3 is 15.2 Å². The number of carboxylic acid groups (broad SMARTS) is 1. The fourth-order valence-electron chi connectivity index (χ4n) is 3.37. The zero-order valence-electron chi connectivity index (χ0n) is 13.9. The topological polar surface area (TPSA) is 69.2 Å². The molecule has 4 nitrogen and oxygen atoms in total. The fraction of sp³-hybridized carbons (Fsp3) is 0.556. The highest BCUT2D eigenvalue weighted by Crippen LogP contribution is 2.55. The van der Waals surface area contributed by atoms with Crippen molar-refractivity contribution in [3.05, 3.63) is 29.3 Å². The summed E-state index contributed by atoms with van der Waals surface area (Å²) in [5, 5.41) is 14.4. The van der Waals surface area contributed by atoms with Crippen molar-refractivity contribution in [2.45, 2.75) is 47.5 Å². The number of carboxylic acids is 1. The minimum Gasteiger partial charge on any atom is -0.550 e. The summed E-state index contributed by atoms with van der Waals surface area (Å²) in [7, 11) is 0. The fourth-order valence-corrected chi connectivity index (χ4v) is 3.37. The van der Waals surface area contributed by atoms with Crippen molar-refractivity contribution >= 4 is 17.6 Å². The Bertz CT molecular complexity index is 621. The number of anilines is 1. The van der Waals surface area contributed by atoms with E-state index in [0.29, 0.717) is 12.8 Å². The van der Waals surface area contributed by atoms with Crippen LogP contribution >= 0.6 is 0 Å². The van der Waals surface area contributed by atoms with Gasteiger partial charge in [0.1, 0.15) is 0 Å². The van der Waals surface area contributed by atoms with E-state index in [1.807, 2.05) is 45.9 Å². The van der Waals surface area contributed by atoms with Gasteiger partial charge in [0.05, 0.1) is 0 Å². The number of carbonyl (C=O) groups is 2. The molecule has 1 amide bonds. The maximum absolute atomic E-state index is 12.6. The second-order valence-corrected chi connectivity index (χ2v) is 7.22. The van der Waals surface area contributed by atoms with Gasteiger partial charge >= 0.3 is 0 Å². The molecule has 1 N–H and O–H groups in total. The van der Waals surface area contributed by atoms with Gasteiger partial charge in [-0.3, -0.25) is 4.79 Å². The molecule has 1 saturated carbocycles.